The van der Waals surface area contributed by atoms with E-state index in [1.54, 1.807) is 37.5 Å². The van der Waals surface area contributed by atoms with Crippen molar-refractivity contribution < 1.29 is 23.5 Å². The molecule has 1 amide bonds. The number of benzene rings is 2. The summed E-state index contributed by atoms with van der Waals surface area (Å²) in [7, 11) is 0. The van der Waals surface area contributed by atoms with Gasteiger partial charge < -0.3 is 14.5 Å². The summed E-state index contributed by atoms with van der Waals surface area (Å²) in [6.07, 6.45) is 0.656. The molecule has 150 valence electrons. The van der Waals surface area contributed by atoms with Gasteiger partial charge in [-0.05, 0) is 68.3 Å². The van der Waals surface area contributed by atoms with Crippen LogP contribution in [-0.4, -0.2) is 23.8 Å². The van der Waals surface area contributed by atoms with Crippen molar-refractivity contribution in [3.05, 3.63) is 64.9 Å². The normalized spacial score (nSPS) is 11.9. The van der Waals surface area contributed by atoms with Gasteiger partial charge in [-0.3, -0.25) is 14.4 Å². The Hall–Kier alpha value is -3.41. The monoisotopic (exact) mass is 393 g/mol. The lowest BCUT2D eigenvalue weighted by atomic mass is 10.0. The SMILES string of the molecule is CC(=O)Nc1ccc(C(=O)[C@H](C)OC(=O)Cc2coc3cc(C)c(C)cc23)cc1. The third kappa shape index (κ3) is 4.71. The fraction of sp³-hybridized carbons (Fsp3) is 0.261. The summed E-state index contributed by atoms with van der Waals surface area (Å²) in [5.74, 6) is -0.999. The lowest BCUT2D eigenvalue weighted by Crippen LogP contribution is -2.25. The summed E-state index contributed by atoms with van der Waals surface area (Å²) >= 11 is 0. The van der Waals surface area contributed by atoms with Gasteiger partial charge in [0.05, 0.1) is 12.7 Å². The number of hydrogen-bond donors (Lipinski definition) is 1. The second-order valence-electron chi connectivity index (χ2n) is 7.13. The average Bonchev–Trinajstić information content (AvgIpc) is 3.03. The van der Waals surface area contributed by atoms with Crippen molar-refractivity contribution in [1.29, 1.82) is 0 Å². The van der Waals surface area contributed by atoms with Crippen LogP contribution in [-0.2, 0) is 20.7 Å². The fourth-order valence-electron chi connectivity index (χ4n) is 3.08. The summed E-state index contributed by atoms with van der Waals surface area (Å²) in [6, 6.07) is 10.4. The molecule has 3 aromatic rings. The van der Waals surface area contributed by atoms with Crippen LogP contribution in [0, 0.1) is 13.8 Å². The van der Waals surface area contributed by atoms with Crippen molar-refractivity contribution in [1.82, 2.24) is 0 Å². The van der Waals surface area contributed by atoms with Crippen molar-refractivity contribution in [3.8, 4) is 0 Å². The van der Waals surface area contributed by atoms with E-state index in [2.05, 4.69) is 5.32 Å². The number of esters is 1. The van der Waals surface area contributed by atoms with E-state index < -0.39 is 12.1 Å². The summed E-state index contributed by atoms with van der Waals surface area (Å²) in [4.78, 5) is 36.0. The molecular formula is C23H23NO5. The Kier molecular flexibility index (Phi) is 5.82. The van der Waals surface area contributed by atoms with Gasteiger partial charge in [0.1, 0.15) is 5.58 Å². The predicted molar refractivity (Wildman–Crippen MR) is 110 cm³/mol. The Balaban J connectivity index is 1.65. The van der Waals surface area contributed by atoms with Crippen LogP contribution in [0.4, 0.5) is 5.69 Å². The number of ketones is 1. The van der Waals surface area contributed by atoms with Crippen molar-refractivity contribution in [2.45, 2.75) is 40.2 Å². The summed E-state index contributed by atoms with van der Waals surface area (Å²) in [5.41, 5.74) is 4.67. The van der Waals surface area contributed by atoms with Crippen LogP contribution in [0.1, 0.15) is 40.9 Å². The van der Waals surface area contributed by atoms with Gasteiger partial charge in [-0.15, -0.1) is 0 Å². The summed E-state index contributed by atoms with van der Waals surface area (Å²) in [6.45, 7) is 6.96. The molecule has 0 radical (unpaired) electrons. The van der Waals surface area contributed by atoms with Crippen LogP contribution in [0.15, 0.2) is 47.1 Å². The van der Waals surface area contributed by atoms with E-state index in [4.69, 9.17) is 9.15 Å². The second-order valence-corrected chi connectivity index (χ2v) is 7.13. The maximum absolute atomic E-state index is 12.5. The molecule has 0 saturated heterocycles. The minimum Gasteiger partial charge on any atom is -0.464 e. The molecule has 0 bridgehead atoms. The molecule has 0 aliphatic heterocycles. The zero-order valence-corrected chi connectivity index (χ0v) is 16.9. The molecule has 1 heterocycles. The number of rotatable bonds is 6. The Labute approximate surface area is 168 Å². The number of nitrogens with one attached hydrogen (secondary N) is 1. The number of ether oxygens (including phenoxy) is 1. The molecule has 0 saturated carbocycles. The molecule has 0 aliphatic carbocycles. The van der Waals surface area contributed by atoms with E-state index >= 15 is 0 Å². The Morgan fingerprint density at radius 1 is 1.07 bits per heavy atom. The molecule has 3 rings (SSSR count). The molecule has 0 fully saturated rings. The molecule has 29 heavy (non-hydrogen) atoms. The van der Waals surface area contributed by atoms with Gasteiger partial charge in [-0.2, -0.15) is 0 Å². The highest BCUT2D eigenvalue weighted by atomic mass is 16.5. The molecule has 6 heteroatoms. The highest BCUT2D eigenvalue weighted by Crippen LogP contribution is 2.25. The molecule has 1 aromatic heterocycles. The van der Waals surface area contributed by atoms with Gasteiger partial charge >= 0.3 is 5.97 Å². The molecule has 1 atom stereocenters. The first-order valence-corrected chi connectivity index (χ1v) is 9.33. The number of fused-ring (bicyclic) bond motifs is 1. The molecule has 0 aliphatic rings. The van der Waals surface area contributed by atoms with Crippen molar-refractivity contribution in [3.63, 3.8) is 0 Å². The molecule has 2 aromatic carbocycles. The average molecular weight is 393 g/mol. The number of Topliss-reactive ketones (excluding diaryl/α,β-unsaturated/α-hetero) is 1. The number of hydrogen-bond acceptors (Lipinski definition) is 5. The summed E-state index contributed by atoms with van der Waals surface area (Å²) < 4.78 is 10.9. The Morgan fingerprint density at radius 2 is 1.72 bits per heavy atom. The van der Waals surface area contributed by atoms with Crippen LogP contribution in [0.5, 0.6) is 0 Å². The minimum atomic E-state index is -0.920. The van der Waals surface area contributed by atoms with Gasteiger partial charge in [-0.25, -0.2) is 0 Å². The quantitative estimate of drug-likeness (QED) is 0.497. The van der Waals surface area contributed by atoms with Crippen molar-refractivity contribution in [2.24, 2.45) is 0 Å². The Bertz CT molecular complexity index is 1080. The summed E-state index contributed by atoms with van der Waals surface area (Å²) in [5, 5.41) is 3.51. The van der Waals surface area contributed by atoms with Gasteiger partial charge in [0.25, 0.3) is 0 Å². The highest BCUT2D eigenvalue weighted by Gasteiger charge is 2.21. The van der Waals surface area contributed by atoms with E-state index in [-0.39, 0.29) is 18.1 Å². The largest absolute Gasteiger partial charge is 0.464 e. The molecule has 1 N–H and O–H groups in total. The third-order valence-electron chi connectivity index (χ3n) is 4.77. The number of carbonyl (C=O) groups excluding carboxylic acids is 3. The third-order valence-corrected chi connectivity index (χ3v) is 4.77. The molecule has 0 spiro atoms. The van der Waals surface area contributed by atoms with Crippen LogP contribution >= 0.6 is 0 Å². The topological polar surface area (TPSA) is 85.6 Å². The fourth-order valence-corrected chi connectivity index (χ4v) is 3.08. The van der Waals surface area contributed by atoms with Crippen LogP contribution < -0.4 is 5.32 Å². The number of aryl methyl sites for hydroxylation is 2. The van der Waals surface area contributed by atoms with E-state index in [0.717, 1.165) is 27.7 Å². The Morgan fingerprint density at radius 3 is 2.38 bits per heavy atom. The number of furan rings is 1. The zero-order valence-electron chi connectivity index (χ0n) is 16.9. The molecular weight excluding hydrogens is 370 g/mol. The second kappa shape index (κ2) is 8.31. The standard InChI is InChI=1S/C23H23NO5/c1-13-9-20-18(12-28-21(20)10-14(13)2)11-22(26)29-15(3)23(27)17-5-7-19(8-6-17)24-16(4)25/h5-10,12,15H,11H2,1-4H3,(H,24,25)/t15-/m0/s1. The highest BCUT2D eigenvalue weighted by molar-refractivity contribution is 6.01. The van der Waals surface area contributed by atoms with E-state index in [1.807, 2.05) is 26.0 Å². The lowest BCUT2D eigenvalue weighted by Gasteiger charge is -2.12. The van der Waals surface area contributed by atoms with Crippen molar-refractivity contribution >= 4 is 34.3 Å². The van der Waals surface area contributed by atoms with Crippen LogP contribution in [0.2, 0.25) is 0 Å². The predicted octanol–water partition coefficient (Wildman–Crippen LogP) is 4.37. The van der Waals surface area contributed by atoms with Crippen LogP contribution in [0.3, 0.4) is 0 Å². The smallest absolute Gasteiger partial charge is 0.311 e. The minimum absolute atomic E-state index is 0.0224. The van der Waals surface area contributed by atoms with Gasteiger partial charge in [0.15, 0.2) is 6.10 Å². The van der Waals surface area contributed by atoms with Gasteiger partial charge in [0.2, 0.25) is 11.7 Å². The maximum Gasteiger partial charge on any atom is 0.311 e. The van der Waals surface area contributed by atoms with E-state index in [0.29, 0.717) is 11.3 Å². The van der Waals surface area contributed by atoms with Gasteiger partial charge in [0, 0.05) is 29.1 Å². The molecule has 0 unspecified atom stereocenters. The number of anilines is 1. The van der Waals surface area contributed by atoms with E-state index in [9.17, 15) is 14.4 Å². The molecule has 6 nitrogen and oxygen atoms in total. The maximum atomic E-state index is 12.5. The lowest BCUT2D eigenvalue weighted by molar-refractivity contribution is -0.145. The van der Waals surface area contributed by atoms with Crippen LogP contribution in [0.25, 0.3) is 11.0 Å². The van der Waals surface area contributed by atoms with Gasteiger partial charge in [-0.1, -0.05) is 0 Å². The first-order chi connectivity index (χ1) is 13.7. The first-order valence-electron chi connectivity index (χ1n) is 9.33. The zero-order chi connectivity index (χ0) is 21.1. The number of carbonyl (C=O) groups is 3. The first kappa shape index (κ1) is 20.3. The number of amides is 1. The van der Waals surface area contributed by atoms with Crippen molar-refractivity contribution in [2.75, 3.05) is 5.32 Å². The van der Waals surface area contributed by atoms with E-state index in [1.165, 1.54) is 6.92 Å².